The van der Waals surface area contributed by atoms with Crippen LogP contribution in [0.1, 0.15) is 84.5 Å². The van der Waals surface area contributed by atoms with E-state index < -0.39 is 15.3 Å². The fourth-order valence-corrected chi connectivity index (χ4v) is 3.51. The highest BCUT2D eigenvalue weighted by Gasteiger charge is 2.23. The summed E-state index contributed by atoms with van der Waals surface area (Å²) in [5.41, 5.74) is 0. The Morgan fingerprint density at radius 1 is 0.905 bits per heavy atom. The van der Waals surface area contributed by atoms with E-state index in [2.05, 4.69) is 18.6 Å². The second-order valence-corrected chi connectivity index (χ2v) is 7.62. The maximum absolute atomic E-state index is 12.0. The van der Waals surface area contributed by atoms with Gasteiger partial charge in [0.05, 0.1) is 6.07 Å². The first-order valence-corrected chi connectivity index (χ1v) is 10.0. The first-order valence-electron chi connectivity index (χ1n) is 8.46. The molecule has 0 bridgehead atoms. The summed E-state index contributed by atoms with van der Waals surface area (Å²) in [4.78, 5) is 0. The van der Waals surface area contributed by atoms with E-state index in [1.54, 1.807) is 0 Å². The predicted octanol–water partition coefficient (Wildman–Crippen LogP) is 4.13. The zero-order valence-electron chi connectivity index (χ0n) is 13.7. The molecule has 0 aromatic heterocycles. The number of hydrogen-bond donors (Lipinski definition) is 1. The van der Waals surface area contributed by atoms with Crippen LogP contribution in [-0.2, 0) is 10.0 Å². The van der Waals surface area contributed by atoms with Crippen molar-refractivity contribution < 1.29 is 8.42 Å². The Balaban J connectivity index is 3.82. The first kappa shape index (κ1) is 20.4. The molecule has 0 aromatic carbocycles. The molecular formula is C16H32N2O2S. The van der Waals surface area contributed by atoms with E-state index in [1.165, 1.54) is 32.1 Å². The molecule has 1 atom stereocenters. The Hall–Kier alpha value is -0.600. The average Bonchev–Trinajstić information content (AvgIpc) is 2.46. The summed E-state index contributed by atoms with van der Waals surface area (Å²) in [6.07, 6.45) is 11.4. The Labute approximate surface area is 131 Å². The molecular weight excluding hydrogens is 284 g/mol. The lowest BCUT2D eigenvalue weighted by atomic mass is 10.1. The predicted molar refractivity (Wildman–Crippen MR) is 88.5 cm³/mol. The van der Waals surface area contributed by atoms with Crippen LogP contribution in [0.15, 0.2) is 0 Å². The van der Waals surface area contributed by atoms with E-state index in [9.17, 15) is 8.42 Å². The van der Waals surface area contributed by atoms with Gasteiger partial charge in [0.2, 0.25) is 10.0 Å². The monoisotopic (exact) mass is 316 g/mol. The lowest BCUT2D eigenvalue weighted by Gasteiger charge is -2.11. The van der Waals surface area contributed by atoms with Gasteiger partial charge in [-0.25, -0.2) is 13.1 Å². The van der Waals surface area contributed by atoms with Gasteiger partial charge in [-0.15, -0.1) is 0 Å². The van der Waals surface area contributed by atoms with Crippen molar-refractivity contribution in [1.29, 1.82) is 5.26 Å². The van der Waals surface area contributed by atoms with E-state index in [0.29, 0.717) is 13.0 Å². The summed E-state index contributed by atoms with van der Waals surface area (Å²) in [7, 11) is -3.47. The molecule has 0 fully saturated rings. The van der Waals surface area contributed by atoms with Crippen LogP contribution in [0.4, 0.5) is 0 Å². The molecule has 0 radical (unpaired) electrons. The second kappa shape index (κ2) is 13.1. The Kier molecular flexibility index (Phi) is 12.7. The third-order valence-corrected chi connectivity index (χ3v) is 5.37. The van der Waals surface area contributed by atoms with Crippen LogP contribution < -0.4 is 4.72 Å². The minimum Gasteiger partial charge on any atom is -0.214 e. The van der Waals surface area contributed by atoms with Crippen molar-refractivity contribution in [2.75, 3.05) is 6.54 Å². The third-order valence-electron chi connectivity index (χ3n) is 3.67. The number of unbranched alkanes of at least 4 members (excludes halogenated alkanes) is 8. The van der Waals surface area contributed by atoms with Gasteiger partial charge in [0.1, 0.15) is 0 Å². The quantitative estimate of drug-likeness (QED) is 0.490. The van der Waals surface area contributed by atoms with Crippen LogP contribution in [0.3, 0.4) is 0 Å². The van der Waals surface area contributed by atoms with E-state index in [1.807, 2.05) is 6.07 Å². The van der Waals surface area contributed by atoms with Crippen LogP contribution in [0.25, 0.3) is 0 Å². The summed E-state index contributed by atoms with van der Waals surface area (Å²) in [5, 5.41) is 8.12. The lowest BCUT2D eigenvalue weighted by Crippen LogP contribution is -2.34. The van der Waals surface area contributed by atoms with E-state index in [4.69, 9.17) is 5.26 Å². The molecule has 0 aliphatic carbocycles. The van der Waals surface area contributed by atoms with Gasteiger partial charge < -0.3 is 0 Å². The molecule has 0 aliphatic heterocycles. The fraction of sp³-hybridized carbons (Fsp3) is 0.938. The van der Waals surface area contributed by atoms with Crippen molar-refractivity contribution in [3.05, 3.63) is 0 Å². The first-order chi connectivity index (χ1) is 10.1. The van der Waals surface area contributed by atoms with Crippen molar-refractivity contribution in [1.82, 2.24) is 4.72 Å². The van der Waals surface area contributed by atoms with Crippen LogP contribution in [0.5, 0.6) is 0 Å². The van der Waals surface area contributed by atoms with Crippen LogP contribution in [-0.4, -0.2) is 20.2 Å². The molecule has 0 aromatic rings. The van der Waals surface area contributed by atoms with Crippen molar-refractivity contribution in [3.63, 3.8) is 0 Å². The number of nitrogens with one attached hydrogen (secondary N) is 1. The van der Waals surface area contributed by atoms with Gasteiger partial charge in [-0.05, 0) is 12.8 Å². The fourth-order valence-electron chi connectivity index (χ4n) is 2.27. The molecule has 5 heteroatoms. The molecule has 124 valence electrons. The normalized spacial score (nSPS) is 13.0. The Morgan fingerprint density at radius 2 is 1.43 bits per heavy atom. The van der Waals surface area contributed by atoms with Gasteiger partial charge in [0.25, 0.3) is 0 Å². The summed E-state index contributed by atoms with van der Waals surface area (Å²) >= 11 is 0. The van der Waals surface area contributed by atoms with E-state index >= 15 is 0 Å². The zero-order chi connectivity index (χ0) is 16.0. The number of nitrogens with zero attached hydrogens (tertiary/aromatic N) is 1. The molecule has 4 nitrogen and oxygen atoms in total. The number of sulfonamides is 1. The molecule has 0 amide bonds. The minimum absolute atomic E-state index is 0.441. The smallest absolute Gasteiger partial charge is 0.214 e. The zero-order valence-corrected chi connectivity index (χ0v) is 14.6. The lowest BCUT2D eigenvalue weighted by molar-refractivity contribution is 0.552. The number of rotatable bonds is 14. The van der Waals surface area contributed by atoms with Crippen molar-refractivity contribution in [2.24, 2.45) is 0 Å². The highest BCUT2D eigenvalue weighted by atomic mass is 32.2. The van der Waals surface area contributed by atoms with Gasteiger partial charge in [0.15, 0.2) is 5.25 Å². The third kappa shape index (κ3) is 10.7. The molecule has 0 heterocycles. The molecule has 0 saturated heterocycles. The molecule has 21 heavy (non-hydrogen) atoms. The van der Waals surface area contributed by atoms with Crippen LogP contribution >= 0.6 is 0 Å². The molecule has 0 spiro atoms. The van der Waals surface area contributed by atoms with Crippen molar-refractivity contribution in [2.45, 2.75) is 89.7 Å². The molecule has 1 N–H and O–H groups in total. The van der Waals surface area contributed by atoms with Crippen molar-refractivity contribution in [3.8, 4) is 6.07 Å². The summed E-state index contributed by atoms with van der Waals surface area (Å²) < 4.78 is 26.6. The minimum atomic E-state index is -3.47. The highest BCUT2D eigenvalue weighted by Crippen LogP contribution is 2.11. The Morgan fingerprint density at radius 3 is 2.00 bits per heavy atom. The maximum Gasteiger partial charge on any atom is 0.227 e. The van der Waals surface area contributed by atoms with Gasteiger partial charge in [-0.2, -0.15) is 5.26 Å². The average molecular weight is 317 g/mol. The standard InChI is InChI=1S/C16H32N2O2S/c1-3-5-7-8-9-10-12-14-18-21(19,20)16(15-17)13-11-6-4-2/h16,18H,3-14H2,1-2H3. The maximum atomic E-state index is 12.0. The van der Waals surface area contributed by atoms with Crippen molar-refractivity contribution >= 4 is 10.0 Å². The topological polar surface area (TPSA) is 70.0 Å². The van der Waals surface area contributed by atoms with E-state index in [0.717, 1.165) is 32.1 Å². The summed E-state index contributed by atoms with van der Waals surface area (Å²) in [6, 6.07) is 1.93. The molecule has 0 aliphatic rings. The summed E-state index contributed by atoms with van der Waals surface area (Å²) in [5.74, 6) is 0. The largest absolute Gasteiger partial charge is 0.227 e. The van der Waals surface area contributed by atoms with Gasteiger partial charge in [-0.1, -0.05) is 71.6 Å². The molecule has 0 saturated carbocycles. The number of hydrogen-bond acceptors (Lipinski definition) is 3. The van der Waals surface area contributed by atoms with Gasteiger partial charge in [0, 0.05) is 6.54 Å². The molecule has 0 rings (SSSR count). The second-order valence-electron chi connectivity index (χ2n) is 5.67. The van der Waals surface area contributed by atoms with E-state index in [-0.39, 0.29) is 0 Å². The summed E-state index contributed by atoms with van der Waals surface area (Å²) in [6.45, 7) is 4.72. The SMILES string of the molecule is CCCCCCCCCNS(=O)(=O)C(C#N)CCCCC. The van der Waals surface area contributed by atoms with Gasteiger partial charge >= 0.3 is 0 Å². The van der Waals surface area contributed by atoms with Gasteiger partial charge in [-0.3, -0.25) is 0 Å². The van der Waals surface area contributed by atoms with Crippen LogP contribution in [0, 0.1) is 11.3 Å². The molecule has 1 unspecified atom stereocenters. The highest BCUT2D eigenvalue weighted by molar-refractivity contribution is 7.90. The Bertz CT molecular complexity index is 374. The number of nitriles is 1. The van der Waals surface area contributed by atoms with Crippen LogP contribution in [0.2, 0.25) is 0 Å².